The van der Waals surface area contributed by atoms with Crippen molar-refractivity contribution in [2.75, 3.05) is 19.8 Å². The molecule has 0 aromatic heterocycles. The summed E-state index contributed by atoms with van der Waals surface area (Å²) in [6, 6.07) is 11.9. The van der Waals surface area contributed by atoms with Gasteiger partial charge in [-0.05, 0) is 29.8 Å². The third-order valence-electron chi connectivity index (χ3n) is 3.31. The second kappa shape index (κ2) is 6.34. The molecule has 0 atom stereocenters. The van der Waals surface area contributed by atoms with Crippen LogP contribution in [0.4, 0.5) is 5.69 Å². The van der Waals surface area contributed by atoms with Gasteiger partial charge in [0.15, 0.2) is 11.5 Å². The second-order valence-corrected chi connectivity index (χ2v) is 4.83. The minimum absolute atomic E-state index is 0.0548. The van der Waals surface area contributed by atoms with Gasteiger partial charge in [-0.1, -0.05) is 6.07 Å². The third-order valence-corrected chi connectivity index (χ3v) is 3.31. The molecule has 3 rings (SSSR count). The van der Waals surface area contributed by atoms with Gasteiger partial charge in [0.25, 0.3) is 5.69 Å². The Labute approximate surface area is 127 Å². The smallest absolute Gasteiger partial charge is 0.269 e. The lowest BCUT2D eigenvalue weighted by Crippen LogP contribution is -2.15. The molecule has 0 saturated carbocycles. The van der Waals surface area contributed by atoms with E-state index >= 15 is 0 Å². The summed E-state index contributed by atoms with van der Waals surface area (Å²) in [6.07, 6.45) is 0.716. The molecule has 1 aliphatic heterocycles. The van der Waals surface area contributed by atoms with E-state index in [1.165, 1.54) is 12.1 Å². The van der Waals surface area contributed by atoms with Crippen molar-refractivity contribution in [3.63, 3.8) is 0 Å². The van der Waals surface area contributed by atoms with E-state index in [1.807, 2.05) is 18.2 Å². The number of fused-ring (bicyclic) bond motifs is 1. The van der Waals surface area contributed by atoms with Crippen molar-refractivity contribution in [2.45, 2.75) is 6.42 Å². The van der Waals surface area contributed by atoms with Crippen LogP contribution in [0.3, 0.4) is 0 Å². The summed E-state index contributed by atoms with van der Waals surface area (Å²) in [5.41, 5.74) is 1.14. The van der Waals surface area contributed by atoms with Crippen molar-refractivity contribution < 1.29 is 19.1 Å². The summed E-state index contributed by atoms with van der Waals surface area (Å²) in [4.78, 5) is 10.1. The summed E-state index contributed by atoms with van der Waals surface area (Å²) < 4.78 is 16.6. The van der Waals surface area contributed by atoms with Gasteiger partial charge in [0.1, 0.15) is 19.0 Å². The monoisotopic (exact) mass is 301 g/mol. The zero-order chi connectivity index (χ0) is 15.4. The third kappa shape index (κ3) is 3.28. The lowest BCUT2D eigenvalue weighted by molar-refractivity contribution is -0.384. The van der Waals surface area contributed by atoms with E-state index < -0.39 is 4.92 Å². The lowest BCUT2D eigenvalue weighted by atomic mass is 10.1. The Balaban J connectivity index is 1.55. The standard InChI is InChI=1S/C16H15NO5/c18-17(19)13-2-4-14(5-3-13)20-8-7-12-1-6-15-16(11-12)22-10-9-21-15/h1-6,11H,7-10H2. The molecule has 0 bridgehead atoms. The van der Waals surface area contributed by atoms with Crippen LogP contribution in [-0.4, -0.2) is 24.7 Å². The zero-order valence-corrected chi connectivity index (χ0v) is 11.9. The van der Waals surface area contributed by atoms with Gasteiger partial charge in [0.05, 0.1) is 11.5 Å². The second-order valence-electron chi connectivity index (χ2n) is 4.83. The molecule has 2 aromatic rings. The number of nitro benzene ring substituents is 1. The number of nitro groups is 1. The summed E-state index contributed by atoms with van der Waals surface area (Å²) >= 11 is 0. The van der Waals surface area contributed by atoms with Crippen molar-refractivity contribution in [2.24, 2.45) is 0 Å². The molecule has 0 saturated heterocycles. The highest BCUT2D eigenvalue weighted by molar-refractivity contribution is 5.44. The van der Waals surface area contributed by atoms with Crippen LogP contribution in [0.2, 0.25) is 0 Å². The average molecular weight is 301 g/mol. The van der Waals surface area contributed by atoms with Crippen molar-refractivity contribution in [1.82, 2.24) is 0 Å². The molecule has 0 unspecified atom stereocenters. The summed E-state index contributed by atoms with van der Waals surface area (Å²) in [7, 11) is 0. The molecule has 114 valence electrons. The van der Waals surface area contributed by atoms with Crippen molar-refractivity contribution in [1.29, 1.82) is 0 Å². The number of hydrogen-bond acceptors (Lipinski definition) is 5. The van der Waals surface area contributed by atoms with Crippen LogP contribution in [0, 0.1) is 10.1 Å². The Morgan fingerprint density at radius 2 is 1.77 bits per heavy atom. The van der Waals surface area contributed by atoms with E-state index in [0.717, 1.165) is 17.1 Å². The van der Waals surface area contributed by atoms with Gasteiger partial charge in [0.2, 0.25) is 0 Å². The molecule has 0 spiro atoms. The van der Waals surface area contributed by atoms with Gasteiger partial charge in [-0.25, -0.2) is 0 Å². The fourth-order valence-electron chi connectivity index (χ4n) is 2.19. The minimum atomic E-state index is -0.432. The molecular weight excluding hydrogens is 286 g/mol. The van der Waals surface area contributed by atoms with Gasteiger partial charge in [0, 0.05) is 18.6 Å². The number of non-ortho nitro benzene ring substituents is 1. The highest BCUT2D eigenvalue weighted by Gasteiger charge is 2.11. The Hall–Kier alpha value is -2.76. The quantitative estimate of drug-likeness (QED) is 0.627. The first-order valence-corrected chi connectivity index (χ1v) is 6.98. The average Bonchev–Trinajstić information content (AvgIpc) is 2.55. The molecule has 22 heavy (non-hydrogen) atoms. The van der Waals surface area contributed by atoms with Crippen molar-refractivity contribution in [3.05, 3.63) is 58.1 Å². The van der Waals surface area contributed by atoms with E-state index in [1.54, 1.807) is 12.1 Å². The van der Waals surface area contributed by atoms with Crippen molar-refractivity contribution >= 4 is 5.69 Å². The fourth-order valence-corrected chi connectivity index (χ4v) is 2.19. The first-order valence-electron chi connectivity index (χ1n) is 6.98. The topological polar surface area (TPSA) is 70.8 Å². The Morgan fingerprint density at radius 3 is 2.50 bits per heavy atom. The van der Waals surface area contributed by atoms with Crippen LogP contribution in [0.15, 0.2) is 42.5 Å². The van der Waals surface area contributed by atoms with Gasteiger partial charge >= 0.3 is 0 Å². The highest BCUT2D eigenvalue weighted by atomic mass is 16.6. The number of benzene rings is 2. The largest absolute Gasteiger partial charge is 0.493 e. The van der Waals surface area contributed by atoms with Gasteiger partial charge in [-0.15, -0.1) is 0 Å². The Kier molecular flexibility index (Phi) is 4.09. The Bertz CT molecular complexity index is 669. The fraction of sp³-hybridized carbons (Fsp3) is 0.250. The predicted octanol–water partition coefficient (Wildman–Crippen LogP) is 2.99. The number of ether oxygens (including phenoxy) is 3. The molecule has 6 nitrogen and oxygen atoms in total. The molecular formula is C16H15NO5. The van der Waals surface area contributed by atoms with Crippen molar-refractivity contribution in [3.8, 4) is 17.2 Å². The number of hydrogen-bond donors (Lipinski definition) is 0. The molecule has 1 heterocycles. The molecule has 0 radical (unpaired) electrons. The molecule has 2 aromatic carbocycles. The molecule has 0 aliphatic carbocycles. The first-order chi connectivity index (χ1) is 10.7. The van der Waals surface area contributed by atoms with E-state index in [2.05, 4.69) is 0 Å². The van der Waals surface area contributed by atoms with E-state index in [4.69, 9.17) is 14.2 Å². The number of nitrogens with zero attached hydrogens (tertiary/aromatic N) is 1. The molecule has 6 heteroatoms. The first kappa shape index (κ1) is 14.2. The maximum atomic E-state index is 10.6. The van der Waals surface area contributed by atoms with Crippen LogP contribution in [0.5, 0.6) is 17.2 Å². The molecule has 1 aliphatic rings. The predicted molar refractivity (Wildman–Crippen MR) is 79.7 cm³/mol. The molecule has 0 N–H and O–H groups in total. The maximum absolute atomic E-state index is 10.6. The van der Waals surface area contributed by atoms with E-state index in [0.29, 0.717) is 32.0 Å². The Morgan fingerprint density at radius 1 is 1.05 bits per heavy atom. The summed E-state index contributed by atoms with van der Waals surface area (Å²) in [5.74, 6) is 2.15. The maximum Gasteiger partial charge on any atom is 0.269 e. The van der Waals surface area contributed by atoms with Gasteiger partial charge in [-0.2, -0.15) is 0 Å². The van der Waals surface area contributed by atoms with Crippen LogP contribution >= 0.6 is 0 Å². The van der Waals surface area contributed by atoms with E-state index in [9.17, 15) is 10.1 Å². The van der Waals surface area contributed by atoms with Crippen LogP contribution < -0.4 is 14.2 Å². The lowest BCUT2D eigenvalue weighted by Gasteiger charge is -2.18. The van der Waals surface area contributed by atoms with Crippen LogP contribution in [-0.2, 0) is 6.42 Å². The minimum Gasteiger partial charge on any atom is -0.493 e. The van der Waals surface area contributed by atoms with Gasteiger partial charge < -0.3 is 14.2 Å². The highest BCUT2D eigenvalue weighted by Crippen LogP contribution is 2.30. The molecule has 0 fully saturated rings. The van der Waals surface area contributed by atoms with Crippen LogP contribution in [0.25, 0.3) is 0 Å². The van der Waals surface area contributed by atoms with E-state index in [-0.39, 0.29) is 5.69 Å². The normalized spacial score (nSPS) is 12.7. The summed E-state index contributed by atoms with van der Waals surface area (Å²) in [5, 5.41) is 10.6. The number of rotatable bonds is 5. The summed E-state index contributed by atoms with van der Waals surface area (Å²) in [6.45, 7) is 1.63. The SMILES string of the molecule is O=[N+]([O-])c1ccc(OCCc2ccc3c(c2)OCCO3)cc1. The van der Waals surface area contributed by atoms with Crippen LogP contribution in [0.1, 0.15) is 5.56 Å². The molecule has 0 amide bonds. The zero-order valence-electron chi connectivity index (χ0n) is 11.9. The van der Waals surface area contributed by atoms with Gasteiger partial charge in [-0.3, -0.25) is 10.1 Å².